The fraction of sp³-hybridized carbons (Fsp3) is 0.278. The van der Waals surface area contributed by atoms with Crippen molar-refractivity contribution in [3.63, 3.8) is 0 Å². The summed E-state index contributed by atoms with van der Waals surface area (Å²) in [5.41, 5.74) is 4.59. The number of aryl methyl sites for hydroxylation is 3. The normalized spacial score (nSPS) is 13.1. The van der Waals surface area contributed by atoms with Crippen LogP contribution in [0.1, 0.15) is 32.6 Å². The van der Waals surface area contributed by atoms with Crippen LogP contribution in [0.5, 0.6) is 11.5 Å². The maximum Gasteiger partial charge on any atom is 0.193 e. The van der Waals surface area contributed by atoms with Crippen LogP contribution in [0.15, 0.2) is 30.3 Å². The summed E-state index contributed by atoms with van der Waals surface area (Å²) < 4.78 is 11.0. The maximum absolute atomic E-state index is 12.8. The SMILES string of the molecule is Cc1cc(C)c(C(=O)c2ccc3c(c2)OCCO3)c(C)c1. The topological polar surface area (TPSA) is 35.5 Å². The van der Waals surface area contributed by atoms with Gasteiger partial charge in [0.1, 0.15) is 13.2 Å². The van der Waals surface area contributed by atoms with Crippen LogP contribution in [0.4, 0.5) is 0 Å². The van der Waals surface area contributed by atoms with Gasteiger partial charge >= 0.3 is 0 Å². The van der Waals surface area contributed by atoms with Crippen molar-refractivity contribution >= 4 is 5.78 Å². The highest BCUT2D eigenvalue weighted by Gasteiger charge is 2.18. The first-order valence-corrected chi connectivity index (χ1v) is 7.08. The molecule has 0 amide bonds. The minimum absolute atomic E-state index is 0.0296. The predicted octanol–water partition coefficient (Wildman–Crippen LogP) is 3.61. The van der Waals surface area contributed by atoms with Crippen molar-refractivity contribution < 1.29 is 14.3 Å². The van der Waals surface area contributed by atoms with Crippen LogP contribution >= 0.6 is 0 Å². The summed E-state index contributed by atoms with van der Waals surface area (Å²) in [5, 5.41) is 0. The Morgan fingerprint density at radius 2 is 1.52 bits per heavy atom. The van der Waals surface area contributed by atoms with Crippen molar-refractivity contribution in [2.45, 2.75) is 20.8 Å². The molecule has 0 spiro atoms. The number of hydrogen-bond acceptors (Lipinski definition) is 3. The third kappa shape index (κ3) is 2.51. The molecule has 108 valence electrons. The molecule has 0 bridgehead atoms. The van der Waals surface area contributed by atoms with Gasteiger partial charge in [-0.15, -0.1) is 0 Å². The Morgan fingerprint density at radius 3 is 2.19 bits per heavy atom. The minimum atomic E-state index is 0.0296. The molecule has 1 heterocycles. The molecule has 0 aliphatic carbocycles. The van der Waals surface area contributed by atoms with Crippen LogP contribution in [0, 0.1) is 20.8 Å². The van der Waals surface area contributed by atoms with Crippen molar-refractivity contribution in [2.24, 2.45) is 0 Å². The summed E-state index contributed by atoms with van der Waals surface area (Å²) in [6.07, 6.45) is 0. The fourth-order valence-corrected chi connectivity index (χ4v) is 2.87. The van der Waals surface area contributed by atoms with Crippen LogP contribution in [-0.2, 0) is 0 Å². The first-order valence-electron chi connectivity index (χ1n) is 7.08. The molecule has 0 saturated carbocycles. The molecule has 21 heavy (non-hydrogen) atoms. The molecule has 0 aromatic heterocycles. The molecule has 2 aromatic carbocycles. The molecule has 3 rings (SSSR count). The highest BCUT2D eigenvalue weighted by atomic mass is 16.6. The van der Waals surface area contributed by atoms with Crippen LogP contribution in [0.2, 0.25) is 0 Å². The van der Waals surface area contributed by atoms with Crippen LogP contribution < -0.4 is 9.47 Å². The predicted molar refractivity (Wildman–Crippen MR) is 81.5 cm³/mol. The smallest absolute Gasteiger partial charge is 0.193 e. The number of ether oxygens (including phenoxy) is 2. The van der Waals surface area contributed by atoms with E-state index in [-0.39, 0.29) is 5.78 Å². The largest absolute Gasteiger partial charge is 0.486 e. The Morgan fingerprint density at radius 1 is 0.905 bits per heavy atom. The minimum Gasteiger partial charge on any atom is -0.486 e. The van der Waals surface area contributed by atoms with Gasteiger partial charge in [-0.05, 0) is 50.1 Å². The average Bonchev–Trinajstić information content (AvgIpc) is 2.45. The summed E-state index contributed by atoms with van der Waals surface area (Å²) in [6, 6.07) is 9.46. The molecular formula is C18H18O3. The number of carbonyl (C=O) groups is 1. The van der Waals surface area contributed by atoms with E-state index in [1.807, 2.05) is 32.9 Å². The Kier molecular flexibility index (Phi) is 3.42. The highest BCUT2D eigenvalue weighted by Crippen LogP contribution is 2.32. The van der Waals surface area contributed by atoms with E-state index in [9.17, 15) is 4.79 Å². The third-order valence-corrected chi connectivity index (χ3v) is 3.71. The van der Waals surface area contributed by atoms with Crippen molar-refractivity contribution in [1.82, 2.24) is 0 Å². The Bertz CT molecular complexity index is 693. The lowest BCUT2D eigenvalue weighted by Gasteiger charge is -2.19. The van der Waals surface area contributed by atoms with Gasteiger partial charge in [0, 0.05) is 11.1 Å². The van der Waals surface area contributed by atoms with Gasteiger partial charge in [-0.2, -0.15) is 0 Å². The van der Waals surface area contributed by atoms with Crippen molar-refractivity contribution in [3.8, 4) is 11.5 Å². The second-order valence-corrected chi connectivity index (χ2v) is 5.46. The monoisotopic (exact) mass is 282 g/mol. The molecule has 0 atom stereocenters. The molecular weight excluding hydrogens is 264 g/mol. The quantitative estimate of drug-likeness (QED) is 0.789. The Hall–Kier alpha value is -2.29. The first-order chi connectivity index (χ1) is 10.1. The number of hydrogen-bond donors (Lipinski definition) is 0. The van der Waals surface area contributed by atoms with E-state index >= 15 is 0 Å². The lowest BCUT2D eigenvalue weighted by Crippen LogP contribution is -2.16. The van der Waals surface area contributed by atoms with Gasteiger partial charge in [0.05, 0.1) is 0 Å². The van der Waals surface area contributed by atoms with Gasteiger partial charge in [0.15, 0.2) is 17.3 Å². The summed E-state index contributed by atoms with van der Waals surface area (Å²) in [5.74, 6) is 1.38. The van der Waals surface area contributed by atoms with Crippen molar-refractivity contribution in [2.75, 3.05) is 13.2 Å². The summed E-state index contributed by atoms with van der Waals surface area (Å²) in [6.45, 7) is 7.07. The van der Waals surface area contributed by atoms with E-state index in [4.69, 9.17) is 9.47 Å². The molecule has 2 aromatic rings. The van der Waals surface area contributed by atoms with E-state index in [0.717, 1.165) is 16.7 Å². The summed E-state index contributed by atoms with van der Waals surface area (Å²) in [4.78, 5) is 12.8. The standard InChI is InChI=1S/C18H18O3/c1-11-8-12(2)17(13(3)9-11)18(19)14-4-5-15-16(10-14)21-7-6-20-15/h4-5,8-10H,6-7H2,1-3H3. The molecule has 0 N–H and O–H groups in total. The van der Waals surface area contributed by atoms with Gasteiger partial charge < -0.3 is 9.47 Å². The van der Waals surface area contributed by atoms with Crippen molar-refractivity contribution in [1.29, 1.82) is 0 Å². The Labute approximate surface area is 124 Å². The Balaban J connectivity index is 2.03. The second-order valence-electron chi connectivity index (χ2n) is 5.46. The molecule has 0 unspecified atom stereocenters. The second kappa shape index (κ2) is 5.24. The van der Waals surface area contributed by atoms with Gasteiger partial charge in [0.25, 0.3) is 0 Å². The molecule has 0 radical (unpaired) electrons. The van der Waals surface area contributed by atoms with Crippen LogP contribution in [0.3, 0.4) is 0 Å². The number of rotatable bonds is 2. The van der Waals surface area contributed by atoms with Crippen LogP contribution in [-0.4, -0.2) is 19.0 Å². The summed E-state index contributed by atoms with van der Waals surface area (Å²) in [7, 11) is 0. The number of ketones is 1. The third-order valence-electron chi connectivity index (χ3n) is 3.71. The van der Waals surface area contributed by atoms with E-state index in [1.165, 1.54) is 5.56 Å². The first kappa shape index (κ1) is 13.7. The van der Waals surface area contributed by atoms with Gasteiger partial charge in [-0.3, -0.25) is 4.79 Å². The molecule has 0 saturated heterocycles. The number of fused-ring (bicyclic) bond motifs is 1. The average molecular weight is 282 g/mol. The molecule has 3 nitrogen and oxygen atoms in total. The molecule has 0 fully saturated rings. The van der Waals surface area contributed by atoms with E-state index in [1.54, 1.807) is 18.2 Å². The molecule has 3 heteroatoms. The molecule has 1 aliphatic rings. The lowest BCUT2D eigenvalue weighted by atomic mass is 9.93. The zero-order valence-electron chi connectivity index (χ0n) is 12.5. The van der Waals surface area contributed by atoms with Gasteiger partial charge in [-0.1, -0.05) is 17.7 Å². The van der Waals surface area contributed by atoms with E-state index in [2.05, 4.69) is 0 Å². The zero-order valence-corrected chi connectivity index (χ0v) is 12.5. The maximum atomic E-state index is 12.8. The zero-order chi connectivity index (χ0) is 15.0. The highest BCUT2D eigenvalue weighted by molar-refractivity contribution is 6.11. The van der Waals surface area contributed by atoms with Gasteiger partial charge in [-0.25, -0.2) is 0 Å². The van der Waals surface area contributed by atoms with Gasteiger partial charge in [0.2, 0.25) is 0 Å². The van der Waals surface area contributed by atoms with E-state index in [0.29, 0.717) is 30.3 Å². The fourth-order valence-electron chi connectivity index (χ4n) is 2.87. The van der Waals surface area contributed by atoms with Crippen molar-refractivity contribution in [3.05, 3.63) is 58.1 Å². The van der Waals surface area contributed by atoms with Crippen LogP contribution in [0.25, 0.3) is 0 Å². The summed E-state index contributed by atoms with van der Waals surface area (Å²) >= 11 is 0. The lowest BCUT2D eigenvalue weighted by molar-refractivity contribution is 0.103. The molecule has 1 aliphatic heterocycles. The number of benzene rings is 2. The van der Waals surface area contributed by atoms with E-state index < -0.39 is 0 Å². The number of carbonyl (C=O) groups excluding carboxylic acids is 1.